The Hall–Kier alpha value is -3.44. The molecule has 0 aromatic heterocycles. The Morgan fingerprint density at radius 1 is 0.862 bits per heavy atom. The molecule has 0 saturated carbocycles. The van der Waals surface area contributed by atoms with Gasteiger partial charge in [-0.05, 0) is 22.8 Å². The van der Waals surface area contributed by atoms with E-state index in [4.69, 9.17) is 17.3 Å². The fourth-order valence-corrected chi connectivity index (χ4v) is 3.33. The SMILES string of the molecule is NC(=O)C(=O)[C@H](Cc1ccccc1)NC(=O)c1c(Cl)cccc1-c1ccccc1. The number of nitrogens with one attached hydrogen (secondary N) is 1. The molecule has 0 aliphatic heterocycles. The molecule has 1 atom stereocenters. The van der Waals surface area contributed by atoms with Gasteiger partial charge >= 0.3 is 0 Å². The standard InChI is InChI=1S/C23H19ClN2O3/c24-18-13-7-12-17(16-10-5-2-6-11-16)20(18)23(29)26-19(21(27)22(25)28)14-15-8-3-1-4-9-15/h1-13,19H,14H2,(H2,25,28)(H,26,29)/t19-/m0/s1. The largest absolute Gasteiger partial charge is 0.363 e. The van der Waals surface area contributed by atoms with Crippen LogP contribution in [-0.2, 0) is 16.0 Å². The van der Waals surface area contributed by atoms with Gasteiger partial charge in [0.25, 0.3) is 11.8 Å². The Labute approximate surface area is 173 Å². The quantitative estimate of drug-likeness (QED) is 0.589. The Morgan fingerprint density at radius 2 is 1.48 bits per heavy atom. The average Bonchev–Trinajstić information content (AvgIpc) is 2.73. The van der Waals surface area contributed by atoms with Crippen molar-refractivity contribution in [3.05, 3.63) is 95.0 Å². The van der Waals surface area contributed by atoms with E-state index in [-0.39, 0.29) is 17.0 Å². The number of halogens is 1. The summed E-state index contributed by atoms with van der Waals surface area (Å²) in [6, 6.07) is 22.4. The van der Waals surface area contributed by atoms with Crippen LogP contribution in [0.15, 0.2) is 78.9 Å². The van der Waals surface area contributed by atoms with Gasteiger partial charge in [0.1, 0.15) is 6.04 Å². The Kier molecular flexibility index (Phi) is 6.42. The molecule has 0 saturated heterocycles. The minimum atomic E-state index is -1.10. The van der Waals surface area contributed by atoms with E-state index in [0.717, 1.165) is 11.1 Å². The Morgan fingerprint density at radius 3 is 2.10 bits per heavy atom. The molecule has 29 heavy (non-hydrogen) atoms. The highest BCUT2D eigenvalue weighted by Gasteiger charge is 2.27. The van der Waals surface area contributed by atoms with E-state index in [0.29, 0.717) is 5.56 Å². The summed E-state index contributed by atoms with van der Waals surface area (Å²) >= 11 is 6.32. The van der Waals surface area contributed by atoms with Gasteiger partial charge in [0.2, 0.25) is 5.78 Å². The summed E-state index contributed by atoms with van der Waals surface area (Å²) in [6.45, 7) is 0. The zero-order chi connectivity index (χ0) is 20.8. The topological polar surface area (TPSA) is 89.3 Å². The van der Waals surface area contributed by atoms with Crippen molar-refractivity contribution in [2.45, 2.75) is 12.5 Å². The van der Waals surface area contributed by atoms with Crippen LogP contribution >= 0.6 is 11.6 Å². The first kappa shape index (κ1) is 20.3. The number of primary amides is 1. The normalized spacial score (nSPS) is 11.5. The molecule has 146 valence electrons. The molecule has 0 heterocycles. The molecule has 3 aromatic rings. The molecule has 0 bridgehead atoms. The predicted molar refractivity (Wildman–Crippen MR) is 112 cm³/mol. The zero-order valence-corrected chi connectivity index (χ0v) is 16.2. The molecule has 2 amide bonds. The van der Waals surface area contributed by atoms with Gasteiger partial charge in [-0.15, -0.1) is 0 Å². The second-order valence-corrected chi connectivity index (χ2v) is 6.88. The summed E-state index contributed by atoms with van der Waals surface area (Å²) in [5, 5.41) is 2.88. The molecule has 0 spiro atoms. The molecule has 0 aliphatic rings. The number of hydrogen-bond donors (Lipinski definition) is 2. The summed E-state index contributed by atoms with van der Waals surface area (Å²) in [4.78, 5) is 36.9. The Balaban J connectivity index is 1.94. The minimum absolute atomic E-state index is 0.138. The van der Waals surface area contributed by atoms with Crippen LogP contribution in [-0.4, -0.2) is 23.6 Å². The van der Waals surface area contributed by atoms with E-state index >= 15 is 0 Å². The fourth-order valence-electron chi connectivity index (χ4n) is 3.07. The second kappa shape index (κ2) is 9.17. The summed E-state index contributed by atoms with van der Waals surface area (Å²) in [7, 11) is 0. The predicted octanol–water partition coefficient (Wildman–Crippen LogP) is 3.40. The van der Waals surface area contributed by atoms with Gasteiger partial charge in [-0.25, -0.2) is 0 Å². The summed E-state index contributed by atoms with van der Waals surface area (Å²) < 4.78 is 0. The first-order valence-electron chi connectivity index (χ1n) is 8.99. The maximum atomic E-state index is 13.1. The van der Waals surface area contributed by atoms with Crippen LogP contribution in [0, 0.1) is 0 Å². The highest BCUT2D eigenvalue weighted by atomic mass is 35.5. The summed E-state index contributed by atoms with van der Waals surface area (Å²) in [6.07, 6.45) is 0.138. The van der Waals surface area contributed by atoms with Crippen molar-refractivity contribution in [3.8, 4) is 11.1 Å². The molecule has 6 heteroatoms. The number of Topliss-reactive ketones (excluding diaryl/α,β-unsaturated/α-hetero) is 1. The zero-order valence-electron chi connectivity index (χ0n) is 15.5. The number of nitrogens with two attached hydrogens (primary N) is 1. The first-order chi connectivity index (χ1) is 14.0. The smallest absolute Gasteiger partial charge is 0.287 e. The third-order valence-electron chi connectivity index (χ3n) is 4.47. The lowest BCUT2D eigenvalue weighted by Gasteiger charge is -2.18. The van der Waals surface area contributed by atoms with Crippen LogP contribution in [0.25, 0.3) is 11.1 Å². The van der Waals surface area contributed by atoms with E-state index in [1.807, 2.05) is 48.5 Å². The van der Waals surface area contributed by atoms with E-state index in [1.165, 1.54) is 0 Å². The van der Waals surface area contributed by atoms with Crippen molar-refractivity contribution in [2.24, 2.45) is 5.73 Å². The maximum Gasteiger partial charge on any atom is 0.287 e. The third-order valence-corrected chi connectivity index (χ3v) is 4.79. The number of benzene rings is 3. The van der Waals surface area contributed by atoms with E-state index in [2.05, 4.69) is 5.32 Å². The highest BCUT2D eigenvalue weighted by molar-refractivity contribution is 6.38. The highest BCUT2D eigenvalue weighted by Crippen LogP contribution is 2.29. The van der Waals surface area contributed by atoms with Gasteiger partial charge < -0.3 is 11.1 Å². The monoisotopic (exact) mass is 406 g/mol. The van der Waals surface area contributed by atoms with E-state index in [9.17, 15) is 14.4 Å². The molecule has 3 aromatic carbocycles. The molecular weight excluding hydrogens is 388 g/mol. The van der Waals surface area contributed by atoms with Gasteiger partial charge in [-0.3, -0.25) is 14.4 Å². The van der Waals surface area contributed by atoms with Crippen molar-refractivity contribution in [3.63, 3.8) is 0 Å². The fraction of sp³-hybridized carbons (Fsp3) is 0.0870. The van der Waals surface area contributed by atoms with Gasteiger partial charge in [0, 0.05) is 6.42 Å². The van der Waals surface area contributed by atoms with Gasteiger partial charge in [-0.1, -0.05) is 84.4 Å². The summed E-state index contributed by atoms with van der Waals surface area (Å²) in [5.41, 5.74) is 7.64. The van der Waals surface area contributed by atoms with Crippen LogP contribution in [0.2, 0.25) is 5.02 Å². The van der Waals surface area contributed by atoms with Crippen LogP contribution < -0.4 is 11.1 Å². The van der Waals surface area contributed by atoms with Crippen LogP contribution in [0.4, 0.5) is 0 Å². The molecule has 3 N–H and O–H groups in total. The van der Waals surface area contributed by atoms with Crippen LogP contribution in [0.3, 0.4) is 0 Å². The molecule has 5 nitrogen and oxygen atoms in total. The van der Waals surface area contributed by atoms with Gasteiger partial charge in [0.05, 0.1) is 10.6 Å². The molecule has 0 fully saturated rings. The summed E-state index contributed by atoms with van der Waals surface area (Å²) in [5.74, 6) is -2.52. The molecular formula is C23H19ClN2O3. The lowest BCUT2D eigenvalue weighted by atomic mass is 9.97. The molecule has 0 radical (unpaired) electrons. The average molecular weight is 407 g/mol. The number of carbonyl (C=O) groups is 3. The van der Waals surface area contributed by atoms with Gasteiger partial charge in [-0.2, -0.15) is 0 Å². The van der Waals surface area contributed by atoms with E-state index < -0.39 is 23.6 Å². The van der Waals surface area contributed by atoms with Crippen molar-refractivity contribution >= 4 is 29.2 Å². The molecule has 0 unspecified atom stereocenters. The van der Waals surface area contributed by atoms with E-state index in [1.54, 1.807) is 30.3 Å². The van der Waals surface area contributed by atoms with Crippen molar-refractivity contribution in [1.82, 2.24) is 5.32 Å². The number of ketones is 1. The lowest BCUT2D eigenvalue weighted by Crippen LogP contribution is -2.47. The molecule has 0 aliphatic carbocycles. The van der Waals surface area contributed by atoms with Crippen molar-refractivity contribution in [1.29, 1.82) is 0 Å². The third kappa shape index (κ3) is 4.89. The second-order valence-electron chi connectivity index (χ2n) is 6.47. The minimum Gasteiger partial charge on any atom is -0.363 e. The van der Waals surface area contributed by atoms with Gasteiger partial charge in [0.15, 0.2) is 0 Å². The van der Waals surface area contributed by atoms with Crippen molar-refractivity contribution < 1.29 is 14.4 Å². The Bertz CT molecular complexity index is 1040. The number of amides is 2. The molecule has 3 rings (SSSR count). The number of hydrogen-bond acceptors (Lipinski definition) is 3. The lowest BCUT2D eigenvalue weighted by molar-refractivity contribution is -0.137. The maximum absolute atomic E-state index is 13.1. The van der Waals surface area contributed by atoms with Crippen molar-refractivity contribution in [2.75, 3.05) is 0 Å². The first-order valence-corrected chi connectivity index (χ1v) is 9.37. The number of rotatable bonds is 7. The number of carbonyl (C=O) groups excluding carboxylic acids is 3. The van der Waals surface area contributed by atoms with Crippen LogP contribution in [0.5, 0.6) is 0 Å². The van der Waals surface area contributed by atoms with Crippen LogP contribution in [0.1, 0.15) is 15.9 Å².